The largest absolute Gasteiger partial charge is 0.356 e. The molecule has 6 heteroatoms. The van der Waals surface area contributed by atoms with E-state index in [1.54, 1.807) is 6.92 Å². The summed E-state index contributed by atoms with van der Waals surface area (Å²) in [4.78, 5) is 26.1. The monoisotopic (exact) mass is 358 g/mol. The first-order valence-corrected chi connectivity index (χ1v) is 8.46. The molecule has 0 spiro atoms. The van der Waals surface area contributed by atoms with E-state index >= 15 is 0 Å². The van der Waals surface area contributed by atoms with Crippen LogP contribution in [0.5, 0.6) is 0 Å². The lowest BCUT2D eigenvalue weighted by molar-refractivity contribution is -0.119. The number of rotatable bonds is 5. The fourth-order valence-corrected chi connectivity index (χ4v) is 3.93. The summed E-state index contributed by atoms with van der Waals surface area (Å²) in [6, 6.07) is 1.91. The number of carbonyl (C=O) groups is 2. The van der Waals surface area contributed by atoms with E-state index in [2.05, 4.69) is 26.1 Å². The van der Waals surface area contributed by atoms with Crippen LogP contribution in [0.2, 0.25) is 0 Å². The maximum absolute atomic E-state index is 12.2. The molecule has 20 heavy (non-hydrogen) atoms. The van der Waals surface area contributed by atoms with E-state index < -0.39 is 0 Å². The summed E-state index contributed by atoms with van der Waals surface area (Å²) in [5.74, 6) is 0.760. The molecule has 1 aromatic rings. The predicted molar refractivity (Wildman–Crippen MR) is 84.2 cm³/mol. The van der Waals surface area contributed by atoms with E-state index in [9.17, 15) is 9.59 Å². The van der Waals surface area contributed by atoms with Crippen molar-refractivity contribution >= 4 is 39.0 Å². The van der Waals surface area contributed by atoms with Gasteiger partial charge in [-0.3, -0.25) is 14.5 Å². The Kier molecular flexibility index (Phi) is 5.74. The van der Waals surface area contributed by atoms with Gasteiger partial charge in [0, 0.05) is 17.9 Å². The Bertz CT molecular complexity index is 481. The van der Waals surface area contributed by atoms with E-state index in [-0.39, 0.29) is 11.7 Å². The average molecular weight is 359 g/mol. The van der Waals surface area contributed by atoms with E-state index in [0.29, 0.717) is 12.5 Å². The highest BCUT2D eigenvalue weighted by Crippen LogP contribution is 2.24. The molecule has 0 saturated carbocycles. The molecule has 2 heterocycles. The summed E-state index contributed by atoms with van der Waals surface area (Å²) in [5.41, 5.74) is 0. The van der Waals surface area contributed by atoms with Crippen molar-refractivity contribution in [1.29, 1.82) is 0 Å². The number of ketones is 1. The zero-order valence-corrected chi connectivity index (χ0v) is 13.9. The summed E-state index contributed by atoms with van der Waals surface area (Å²) in [6.45, 7) is 4.66. The molecular weight excluding hydrogens is 340 g/mol. The minimum atomic E-state index is 0.0325. The molecule has 1 aromatic heterocycles. The highest BCUT2D eigenvalue weighted by Gasteiger charge is 2.22. The number of Topliss-reactive ketones (excluding diaryl/α,β-unsaturated/α-hetero) is 1. The second kappa shape index (κ2) is 7.33. The summed E-state index contributed by atoms with van der Waals surface area (Å²) < 4.78 is 0.896. The van der Waals surface area contributed by atoms with Crippen molar-refractivity contribution in [3.8, 4) is 0 Å². The summed E-state index contributed by atoms with van der Waals surface area (Å²) in [5, 5.41) is 4.80. The first-order chi connectivity index (χ1) is 9.56. The number of piperidine rings is 1. The molecule has 0 unspecified atom stereocenters. The molecule has 0 atom stereocenters. The topological polar surface area (TPSA) is 49.4 Å². The fourth-order valence-electron chi connectivity index (χ4n) is 2.40. The lowest BCUT2D eigenvalue weighted by Gasteiger charge is -2.31. The van der Waals surface area contributed by atoms with Crippen LogP contribution in [-0.4, -0.2) is 42.8 Å². The fraction of sp³-hybridized carbons (Fsp3) is 0.571. The van der Waals surface area contributed by atoms with E-state index in [4.69, 9.17) is 0 Å². The maximum Gasteiger partial charge on any atom is 0.216 e. The molecule has 1 aliphatic rings. The zero-order valence-electron chi connectivity index (χ0n) is 11.5. The predicted octanol–water partition coefficient (Wildman–Crippen LogP) is 2.54. The number of carbonyl (C=O) groups excluding carboxylic acids is 2. The molecule has 1 amide bonds. The molecule has 0 bridgehead atoms. The van der Waals surface area contributed by atoms with Gasteiger partial charge in [0.05, 0.1) is 11.4 Å². The van der Waals surface area contributed by atoms with Crippen LogP contribution < -0.4 is 5.32 Å². The highest BCUT2D eigenvalue weighted by atomic mass is 79.9. The highest BCUT2D eigenvalue weighted by molar-refractivity contribution is 9.10. The SMILES string of the molecule is CC(=O)NCC1CCN(CC(=O)c2sccc2Br)CC1. The Hall–Kier alpha value is -0.720. The quantitative estimate of drug-likeness (QED) is 0.822. The Morgan fingerprint density at radius 2 is 2.15 bits per heavy atom. The van der Waals surface area contributed by atoms with Crippen LogP contribution in [0.1, 0.15) is 29.4 Å². The van der Waals surface area contributed by atoms with Gasteiger partial charge in [0.25, 0.3) is 0 Å². The van der Waals surface area contributed by atoms with Crippen LogP contribution >= 0.6 is 27.3 Å². The Morgan fingerprint density at radius 3 is 2.70 bits per heavy atom. The van der Waals surface area contributed by atoms with E-state index in [0.717, 1.165) is 41.8 Å². The number of hydrogen-bond donors (Lipinski definition) is 1. The Labute approximate surface area is 131 Å². The number of likely N-dealkylation sites (tertiary alicyclic amines) is 1. The van der Waals surface area contributed by atoms with Gasteiger partial charge in [0.1, 0.15) is 0 Å². The van der Waals surface area contributed by atoms with Gasteiger partial charge in [-0.25, -0.2) is 0 Å². The van der Waals surface area contributed by atoms with Crippen LogP contribution in [0.4, 0.5) is 0 Å². The number of thiophene rings is 1. The first-order valence-electron chi connectivity index (χ1n) is 6.79. The number of nitrogens with one attached hydrogen (secondary N) is 1. The number of hydrogen-bond acceptors (Lipinski definition) is 4. The molecule has 1 N–H and O–H groups in total. The first kappa shape index (κ1) is 15.7. The van der Waals surface area contributed by atoms with E-state index in [1.165, 1.54) is 11.3 Å². The van der Waals surface area contributed by atoms with Gasteiger partial charge >= 0.3 is 0 Å². The van der Waals surface area contributed by atoms with Crippen molar-refractivity contribution in [3.05, 3.63) is 20.8 Å². The van der Waals surface area contributed by atoms with Gasteiger partial charge < -0.3 is 5.32 Å². The third-order valence-electron chi connectivity index (χ3n) is 3.58. The van der Waals surface area contributed by atoms with Crippen molar-refractivity contribution < 1.29 is 9.59 Å². The van der Waals surface area contributed by atoms with Gasteiger partial charge in [0.15, 0.2) is 5.78 Å². The summed E-state index contributed by atoms with van der Waals surface area (Å²) in [7, 11) is 0. The summed E-state index contributed by atoms with van der Waals surface area (Å²) in [6.07, 6.45) is 2.08. The molecule has 4 nitrogen and oxygen atoms in total. The Balaban J connectivity index is 1.76. The number of halogens is 1. The van der Waals surface area contributed by atoms with Gasteiger partial charge in [-0.2, -0.15) is 0 Å². The van der Waals surface area contributed by atoms with Crippen LogP contribution in [0, 0.1) is 5.92 Å². The Morgan fingerprint density at radius 1 is 1.45 bits per heavy atom. The second-order valence-electron chi connectivity index (χ2n) is 5.18. The smallest absolute Gasteiger partial charge is 0.216 e. The van der Waals surface area contributed by atoms with Crippen molar-refractivity contribution in [2.45, 2.75) is 19.8 Å². The third kappa shape index (κ3) is 4.40. The minimum absolute atomic E-state index is 0.0325. The van der Waals surface area contributed by atoms with Gasteiger partial charge in [-0.1, -0.05) is 0 Å². The van der Waals surface area contributed by atoms with Crippen LogP contribution in [0.25, 0.3) is 0 Å². The molecule has 2 rings (SSSR count). The maximum atomic E-state index is 12.2. The van der Waals surface area contributed by atoms with Crippen molar-refractivity contribution in [1.82, 2.24) is 10.2 Å². The van der Waals surface area contributed by atoms with Crippen molar-refractivity contribution in [2.24, 2.45) is 5.92 Å². The van der Waals surface area contributed by atoms with Gasteiger partial charge in [-0.05, 0) is 59.2 Å². The molecule has 0 aromatic carbocycles. The number of amides is 1. The second-order valence-corrected chi connectivity index (χ2v) is 6.95. The van der Waals surface area contributed by atoms with Crippen molar-refractivity contribution in [2.75, 3.05) is 26.2 Å². The van der Waals surface area contributed by atoms with Gasteiger partial charge in [-0.15, -0.1) is 11.3 Å². The molecule has 1 saturated heterocycles. The minimum Gasteiger partial charge on any atom is -0.356 e. The normalized spacial score (nSPS) is 17.1. The molecule has 0 aliphatic carbocycles. The lowest BCUT2D eigenvalue weighted by Crippen LogP contribution is -2.40. The lowest BCUT2D eigenvalue weighted by atomic mass is 9.96. The molecule has 1 aliphatic heterocycles. The summed E-state index contributed by atoms with van der Waals surface area (Å²) >= 11 is 4.89. The molecular formula is C14H19BrN2O2S. The van der Waals surface area contributed by atoms with E-state index in [1.807, 2.05) is 11.4 Å². The average Bonchev–Trinajstić information content (AvgIpc) is 2.84. The van der Waals surface area contributed by atoms with Gasteiger partial charge in [0.2, 0.25) is 5.91 Å². The number of nitrogens with zero attached hydrogens (tertiary/aromatic N) is 1. The molecule has 1 fully saturated rings. The zero-order chi connectivity index (χ0) is 14.5. The molecule has 110 valence electrons. The standard InChI is InChI=1S/C14H19BrN2O2S/c1-10(18)16-8-11-2-5-17(6-3-11)9-13(19)14-12(15)4-7-20-14/h4,7,11H,2-3,5-6,8-9H2,1H3,(H,16,18). The third-order valence-corrected chi connectivity index (χ3v) is 5.46. The van der Waals surface area contributed by atoms with Crippen LogP contribution in [-0.2, 0) is 4.79 Å². The molecule has 0 radical (unpaired) electrons. The van der Waals surface area contributed by atoms with Crippen LogP contribution in [0.3, 0.4) is 0 Å². The van der Waals surface area contributed by atoms with Crippen molar-refractivity contribution in [3.63, 3.8) is 0 Å². The van der Waals surface area contributed by atoms with Crippen LogP contribution in [0.15, 0.2) is 15.9 Å².